The Morgan fingerprint density at radius 1 is 1.05 bits per heavy atom. The third-order valence-corrected chi connectivity index (χ3v) is 2.89. The summed E-state index contributed by atoms with van der Waals surface area (Å²) in [6.45, 7) is -0.248. The number of nitriles is 1. The minimum Gasteiger partial charge on any atom is -0.378 e. The summed E-state index contributed by atoms with van der Waals surface area (Å²) in [5.74, 6) is -2.33. The van der Waals surface area contributed by atoms with Crippen LogP contribution in [-0.2, 0) is 6.54 Å². The number of halogens is 4. The third kappa shape index (κ3) is 3.03. The monoisotopic (exact) mass is 296 g/mol. The van der Waals surface area contributed by atoms with Gasteiger partial charge >= 0.3 is 0 Å². The third-order valence-electron chi connectivity index (χ3n) is 2.66. The average Bonchev–Trinajstić information content (AvgIpc) is 2.39. The maximum Gasteiger partial charge on any atom is 0.147 e. The van der Waals surface area contributed by atoms with Crippen LogP contribution in [0.4, 0.5) is 18.9 Å². The van der Waals surface area contributed by atoms with Crippen LogP contribution in [0.15, 0.2) is 30.3 Å². The molecule has 0 aliphatic rings. The van der Waals surface area contributed by atoms with Gasteiger partial charge in [0.25, 0.3) is 0 Å². The Kier molecular flexibility index (Phi) is 4.16. The molecule has 2 aromatic rings. The topological polar surface area (TPSA) is 35.8 Å². The zero-order chi connectivity index (χ0) is 14.7. The zero-order valence-corrected chi connectivity index (χ0v) is 10.8. The minimum atomic E-state index is -0.858. The zero-order valence-electron chi connectivity index (χ0n) is 10.1. The SMILES string of the molecule is N#Cc1cc(F)c(CNc2ccc(Cl)cc2F)c(F)c1. The fourth-order valence-corrected chi connectivity index (χ4v) is 1.81. The van der Waals surface area contributed by atoms with Crippen molar-refractivity contribution in [2.75, 3.05) is 5.32 Å². The van der Waals surface area contributed by atoms with E-state index < -0.39 is 17.5 Å². The second-order valence-corrected chi connectivity index (χ2v) is 4.44. The number of nitrogens with zero attached hydrogens (tertiary/aromatic N) is 1. The van der Waals surface area contributed by atoms with Gasteiger partial charge in [0.05, 0.1) is 17.3 Å². The van der Waals surface area contributed by atoms with Crippen molar-refractivity contribution < 1.29 is 13.2 Å². The molecule has 0 fully saturated rings. The van der Waals surface area contributed by atoms with Gasteiger partial charge in [-0.25, -0.2) is 13.2 Å². The van der Waals surface area contributed by atoms with Gasteiger partial charge in [-0.1, -0.05) is 11.6 Å². The van der Waals surface area contributed by atoms with E-state index in [1.165, 1.54) is 12.1 Å². The molecule has 0 saturated heterocycles. The first-order valence-electron chi connectivity index (χ1n) is 5.58. The predicted molar refractivity (Wildman–Crippen MR) is 69.8 cm³/mol. The molecule has 0 unspecified atom stereocenters. The van der Waals surface area contributed by atoms with Crippen LogP contribution >= 0.6 is 11.6 Å². The highest BCUT2D eigenvalue weighted by Crippen LogP contribution is 2.21. The van der Waals surface area contributed by atoms with E-state index in [0.29, 0.717) is 0 Å². The summed E-state index contributed by atoms with van der Waals surface area (Å²) in [6, 6.07) is 7.43. The lowest BCUT2D eigenvalue weighted by atomic mass is 10.1. The van der Waals surface area contributed by atoms with Crippen LogP contribution in [-0.4, -0.2) is 0 Å². The molecule has 0 atom stereocenters. The number of nitrogens with one attached hydrogen (secondary N) is 1. The van der Waals surface area contributed by atoms with Crippen molar-refractivity contribution >= 4 is 17.3 Å². The van der Waals surface area contributed by atoms with Crippen LogP contribution in [0.5, 0.6) is 0 Å². The second kappa shape index (κ2) is 5.85. The molecule has 20 heavy (non-hydrogen) atoms. The Bertz CT molecular complexity index is 672. The fourth-order valence-electron chi connectivity index (χ4n) is 1.65. The molecule has 2 rings (SSSR count). The van der Waals surface area contributed by atoms with Crippen molar-refractivity contribution in [3.63, 3.8) is 0 Å². The summed E-state index contributed by atoms with van der Waals surface area (Å²) in [7, 11) is 0. The summed E-state index contributed by atoms with van der Waals surface area (Å²) >= 11 is 5.60. The molecule has 2 aromatic carbocycles. The molecule has 0 radical (unpaired) electrons. The Balaban J connectivity index is 2.21. The van der Waals surface area contributed by atoms with Crippen molar-refractivity contribution in [1.82, 2.24) is 0 Å². The maximum atomic E-state index is 13.6. The lowest BCUT2D eigenvalue weighted by molar-refractivity contribution is 0.558. The summed E-state index contributed by atoms with van der Waals surface area (Å²) in [4.78, 5) is 0. The van der Waals surface area contributed by atoms with Crippen LogP contribution in [0.1, 0.15) is 11.1 Å². The van der Waals surface area contributed by atoms with Gasteiger partial charge in [-0.2, -0.15) is 5.26 Å². The molecule has 1 N–H and O–H groups in total. The van der Waals surface area contributed by atoms with E-state index in [9.17, 15) is 13.2 Å². The summed E-state index contributed by atoms with van der Waals surface area (Å²) in [5.41, 5.74) is -0.294. The number of anilines is 1. The van der Waals surface area contributed by atoms with Gasteiger partial charge in [-0.3, -0.25) is 0 Å². The van der Waals surface area contributed by atoms with Crippen LogP contribution in [0, 0.1) is 28.8 Å². The van der Waals surface area contributed by atoms with Crippen molar-refractivity contribution in [2.45, 2.75) is 6.54 Å². The minimum absolute atomic E-state index is 0.0811. The summed E-state index contributed by atoms with van der Waals surface area (Å²) in [6.07, 6.45) is 0. The van der Waals surface area contributed by atoms with E-state index >= 15 is 0 Å². The van der Waals surface area contributed by atoms with E-state index in [4.69, 9.17) is 16.9 Å². The summed E-state index contributed by atoms with van der Waals surface area (Å²) < 4.78 is 40.7. The fraction of sp³-hybridized carbons (Fsp3) is 0.0714. The largest absolute Gasteiger partial charge is 0.378 e. The number of hydrogen-bond donors (Lipinski definition) is 1. The Morgan fingerprint density at radius 2 is 1.70 bits per heavy atom. The van der Waals surface area contributed by atoms with Gasteiger partial charge in [0.15, 0.2) is 0 Å². The standard InChI is InChI=1S/C14H8ClF3N2/c15-9-1-2-14(13(18)5-9)20-7-10-11(16)3-8(6-19)4-12(10)17/h1-5,20H,7H2. The van der Waals surface area contributed by atoms with Crippen LogP contribution < -0.4 is 5.32 Å². The molecule has 0 aromatic heterocycles. The Labute approximate surface area is 118 Å². The smallest absolute Gasteiger partial charge is 0.147 e. The lowest BCUT2D eigenvalue weighted by Gasteiger charge is -2.10. The second-order valence-electron chi connectivity index (χ2n) is 4.01. The molecule has 6 heteroatoms. The average molecular weight is 297 g/mol. The van der Waals surface area contributed by atoms with Gasteiger partial charge in [0, 0.05) is 17.1 Å². The van der Waals surface area contributed by atoms with E-state index in [0.717, 1.165) is 18.2 Å². The number of benzene rings is 2. The van der Waals surface area contributed by atoms with Crippen molar-refractivity contribution in [2.24, 2.45) is 0 Å². The molecule has 102 valence electrons. The van der Waals surface area contributed by atoms with Crippen molar-refractivity contribution in [1.29, 1.82) is 5.26 Å². The molecular formula is C14H8ClF3N2. The quantitative estimate of drug-likeness (QED) is 0.919. The first-order chi connectivity index (χ1) is 9.51. The Hall–Kier alpha value is -2.19. The normalized spacial score (nSPS) is 10.2. The first-order valence-corrected chi connectivity index (χ1v) is 5.96. The van der Waals surface area contributed by atoms with E-state index in [1.54, 1.807) is 6.07 Å². The van der Waals surface area contributed by atoms with Crippen LogP contribution in [0.3, 0.4) is 0 Å². The molecule has 0 aliphatic carbocycles. The van der Waals surface area contributed by atoms with Gasteiger partial charge in [-0.15, -0.1) is 0 Å². The molecule has 0 spiro atoms. The highest BCUT2D eigenvalue weighted by atomic mass is 35.5. The molecular weight excluding hydrogens is 289 g/mol. The van der Waals surface area contributed by atoms with E-state index in [1.807, 2.05) is 0 Å². The van der Waals surface area contributed by atoms with Crippen LogP contribution in [0.25, 0.3) is 0 Å². The number of rotatable bonds is 3. The van der Waals surface area contributed by atoms with E-state index in [2.05, 4.69) is 5.32 Å². The van der Waals surface area contributed by atoms with Crippen molar-refractivity contribution in [3.05, 3.63) is 63.9 Å². The van der Waals surface area contributed by atoms with Gasteiger partial charge < -0.3 is 5.32 Å². The molecule has 0 amide bonds. The Morgan fingerprint density at radius 3 is 2.25 bits per heavy atom. The van der Waals surface area contributed by atoms with Gasteiger partial charge in [0.1, 0.15) is 17.5 Å². The molecule has 0 bridgehead atoms. The molecule has 0 saturated carbocycles. The highest BCUT2D eigenvalue weighted by molar-refractivity contribution is 6.30. The maximum absolute atomic E-state index is 13.6. The van der Waals surface area contributed by atoms with Gasteiger partial charge in [0.2, 0.25) is 0 Å². The predicted octanol–water partition coefficient (Wildman–Crippen LogP) is 4.24. The molecule has 0 aliphatic heterocycles. The van der Waals surface area contributed by atoms with Crippen molar-refractivity contribution in [3.8, 4) is 6.07 Å². The molecule has 2 nitrogen and oxygen atoms in total. The number of hydrogen-bond acceptors (Lipinski definition) is 2. The van der Waals surface area contributed by atoms with Gasteiger partial charge in [-0.05, 0) is 30.3 Å². The van der Waals surface area contributed by atoms with E-state index in [-0.39, 0.29) is 28.4 Å². The lowest BCUT2D eigenvalue weighted by Crippen LogP contribution is -2.06. The summed E-state index contributed by atoms with van der Waals surface area (Å²) in [5, 5.41) is 11.4. The molecule has 0 heterocycles. The highest BCUT2D eigenvalue weighted by Gasteiger charge is 2.12. The first kappa shape index (κ1) is 14.2. The van der Waals surface area contributed by atoms with Crippen LogP contribution in [0.2, 0.25) is 5.02 Å².